The summed E-state index contributed by atoms with van der Waals surface area (Å²) in [4.78, 5) is 20.9. The summed E-state index contributed by atoms with van der Waals surface area (Å²) in [5.41, 5.74) is 2.38. The zero-order chi connectivity index (χ0) is 16.7. The smallest absolute Gasteiger partial charge is 0.274 e. The summed E-state index contributed by atoms with van der Waals surface area (Å²) in [6, 6.07) is 9.53. The number of carbonyl (C=O) groups excluding carboxylic acids is 1. The lowest BCUT2D eigenvalue weighted by Gasteiger charge is -2.09. The number of unbranched alkanes of at least 4 members (excludes halogenated alkanes) is 1. The van der Waals surface area contributed by atoms with E-state index in [9.17, 15) is 4.79 Å². The first kappa shape index (κ1) is 16.9. The monoisotopic (exact) mass is 312 g/mol. The molecule has 5 heteroatoms. The fourth-order valence-corrected chi connectivity index (χ4v) is 2.19. The van der Waals surface area contributed by atoms with Crippen LogP contribution in [0, 0.1) is 6.92 Å². The van der Waals surface area contributed by atoms with Crippen molar-refractivity contribution in [1.29, 1.82) is 0 Å². The van der Waals surface area contributed by atoms with Gasteiger partial charge in [-0.15, -0.1) is 0 Å². The number of nitrogens with one attached hydrogen (secondary N) is 2. The molecule has 1 heterocycles. The molecule has 0 aliphatic rings. The van der Waals surface area contributed by atoms with Crippen LogP contribution in [0.3, 0.4) is 0 Å². The maximum atomic E-state index is 12.4. The fraction of sp³-hybridized carbons (Fsp3) is 0.389. The van der Waals surface area contributed by atoms with E-state index < -0.39 is 0 Å². The van der Waals surface area contributed by atoms with Crippen molar-refractivity contribution < 1.29 is 4.79 Å². The SMILES string of the molecule is CCCCNc1cc(C(=O)Nc2ccc(CC)cc2)nc(C)n1. The van der Waals surface area contributed by atoms with Crippen LogP contribution in [0.5, 0.6) is 0 Å². The molecule has 0 fully saturated rings. The highest BCUT2D eigenvalue weighted by Crippen LogP contribution is 2.13. The summed E-state index contributed by atoms with van der Waals surface area (Å²) >= 11 is 0. The van der Waals surface area contributed by atoms with Gasteiger partial charge in [0, 0.05) is 18.3 Å². The lowest BCUT2D eigenvalue weighted by Crippen LogP contribution is -2.16. The summed E-state index contributed by atoms with van der Waals surface area (Å²) in [6.07, 6.45) is 3.15. The Bertz CT molecular complexity index is 653. The molecule has 23 heavy (non-hydrogen) atoms. The van der Waals surface area contributed by atoms with Gasteiger partial charge in [-0.25, -0.2) is 9.97 Å². The van der Waals surface area contributed by atoms with Crippen molar-refractivity contribution in [2.45, 2.75) is 40.0 Å². The molecule has 2 aromatic rings. The largest absolute Gasteiger partial charge is 0.370 e. The van der Waals surface area contributed by atoms with Gasteiger partial charge in [-0.2, -0.15) is 0 Å². The highest BCUT2D eigenvalue weighted by molar-refractivity contribution is 6.03. The van der Waals surface area contributed by atoms with E-state index >= 15 is 0 Å². The Balaban J connectivity index is 2.08. The quantitative estimate of drug-likeness (QED) is 0.763. The van der Waals surface area contributed by atoms with Crippen molar-refractivity contribution in [2.24, 2.45) is 0 Å². The lowest BCUT2D eigenvalue weighted by atomic mass is 10.1. The van der Waals surface area contributed by atoms with Crippen molar-refractivity contribution >= 4 is 17.4 Å². The van der Waals surface area contributed by atoms with Gasteiger partial charge in [-0.3, -0.25) is 4.79 Å². The van der Waals surface area contributed by atoms with Gasteiger partial charge in [0.05, 0.1) is 0 Å². The average Bonchev–Trinajstić information content (AvgIpc) is 2.55. The van der Waals surface area contributed by atoms with Crippen LogP contribution in [0.25, 0.3) is 0 Å². The standard InChI is InChI=1S/C18H24N4O/c1-4-6-11-19-17-12-16(20-13(3)21-17)18(23)22-15-9-7-14(5-2)8-10-15/h7-10,12H,4-6,11H2,1-3H3,(H,22,23)(H,19,20,21). The molecule has 5 nitrogen and oxygen atoms in total. The second-order valence-corrected chi connectivity index (χ2v) is 5.47. The molecule has 0 radical (unpaired) electrons. The van der Waals surface area contributed by atoms with Crippen LogP contribution >= 0.6 is 0 Å². The Morgan fingerprint density at radius 1 is 1.13 bits per heavy atom. The number of amides is 1. The van der Waals surface area contributed by atoms with Crippen LogP contribution < -0.4 is 10.6 Å². The molecule has 0 atom stereocenters. The van der Waals surface area contributed by atoms with Crippen LogP contribution in [0.4, 0.5) is 11.5 Å². The molecule has 2 rings (SSSR count). The minimum atomic E-state index is -0.224. The second-order valence-electron chi connectivity index (χ2n) is 5.47. The van der Waals surface area contributed by atoms with Gasteiger partial charge in [0.15, 0.2) is 0 Å². The highest BCUT2D eigenvalue weighted by atomic mass is 16.1. The van der Waals surface area contributed by atoms with Gasteiger partial charge in [0.2, 0.25) is 0 Å². The first-order valence-electron chi connectivity index (χ1n) is 8.12. The minimum Gasteiger partial charge on any atom is -0.370 e. The van der Waals surface area contributed by atoms with Gasteiger partial charge in [-0.05, 0) is 37.5 Å². The Morgan fingerprint density at radius 3 is 2.52 bits per heavy atom. The van der Waals surface area contributed by atoms with E-state index in [0.29, 0.717) is 17.3 Å². The van der Waals surface area contributed by atoms with Gasteiger partial charge in [0.25, 0.3) is 5.91 Å². The van der Waals surface area contributed by atoms with Crippen molar-refractivity contribution in [3.05, 3.63) is 47.4 Å². The third-order valence-corrected chi connectivity index (χ3v) is 3.53. The molecule has 0 aliphatic heterocycles. The molecule has 0 saturated heterocycles. The first-order valence-corrected chi connectivity index (χ1v) is 8.12. The Morgan fingerprint density at radius 2 is 1.87 bits per heavy atom. The molecule has 0 aliphatic carbocycles. The molecule has 0 bridgehead atoms. The topological polar surface area (TPSA) is 66.9 Å². The van der Waals surface area contributed by atoms with Crippen LogP contribution in [0.1, 0.15) is 48.6 Å². The van der Waals surface area contributed by atoms with E-state index in [1.807, 2.05) is 24.3 Å². The summed E-state index contributed by atoms with van der Waals surface area (Å²) < 4.78 is 0. The molecule has 1 aromatic heterocycles. The zero-order valence-corrected chi connectivity index (χ0v) is 14.0. The van der Waals surface area contributed by atoms with E-state index in [1.165, 1.54) is 5.56 Å². The van der Waals surface area contributed by atoms with Crippen molar-refractivity contribution in [2.75, 3.05) is 17.2 Å². The number of aromatic nitrogens is 2. The maximum absolute atomic E-state index is 12.4. The number of rotatable bonds is 7. The van der Waals surface area contributed by atoms with E-state index in [1.54, 1.807) is 13.0 Å². The summed E-state index contributed by atoms with van der Waals surface area (Å²) in [5, 5.41) is 6.10. The molecule has 0 spiro atoms. The minimum absolute atomic E-state index is 0.224. The molecular formula is C18H24N4O. The molecule has 1 aromatic carbocycles. The van der Waals surface area contributed by atoms with Crippen molar-refractivity contribution in [3.63, 3.8) is 0 Å². The predicted molar refractivity (Wildman–Crippen MR) is 93.9 cm³/mol. The molecular weight excluding hydrogens is 288 g/mol. The van der Waals surface area contributed by atoms with Crippen LogP contribution in [0.15, 0.2) is 30.3 Å². The first-order chi connectivity index (χ1) is 11.1. The van der Waals surface area contributed by atoms with Gasteiger partial charge < -0.3 is 10.6 Å². The average molecular weight is 312 g/mol. The lowest BCUT2D eigenvalue weighted by molar-refractivity contribution is 0.102. The Kier molecular flexibility index (Phi) is 6.09. The third kappa shape index (κ3) is 5.06. The van der Waals surface area contributed by atoms with Gasteiger partial charge in [0.1, 0.15) is 17.3 Å². The number of aryl methyl sites for hydroxylation is 2. The van der Waals surface area contributed by atoms with Gasteiger partial charge in [-0.1, -0.05) is 32.4 Å². The fourth-order valence-electron chi connectivity index (χ4n) is 2.19. The number of hydrogen-bond donors (Lipinski definition) is 2. The van der Waals surface area contributed by atoms with E-state index in [4.69, 9.17) is 0 Å². The van der Waals surface area contributed by atoms with Crippen LogP contribution in [0.2, 0.25) is 0 Å². The van der Waals surface area contributed by atoms with Crippen molar-refractivity contribution in [3.8, 4) is 0 Å². The zero-order valence-electron chi connectivity index (χ0n) is 14.0. The number of carbonyl (C=O) groups is 1. The van der Waals surface area contributed by atoms with Crippen LogP contribution in [-0.4, -0.2) is 22.4 Å². The molecule has 0 unspecified atom stereocenters. The summed E-state index contributed by atoms with van der Waals surface area (Å²) in [6.45, 7) is 6.87. The molecule has 1 amide bonds. The molecule has 0 saturated carbocycles. The third-order valence-electron chi connectivity index (χ3n) is 3.53. The number of nitrogens with zero attached hydrogens (tertiary/aromatic N) is 2. The van der Waals surface area contributed by atoms with E-state index in [2.05, 4.69) is 34.4 Å². The predicted octanol–water partition coefficient (Wildman–Crippen LogP) is 3.81. The molecule has 122 valence electrons. The maximum Gasteiger partial charge on any atom is 0.274 e. The summed E-state index contributed by atoms with van der Waals surface area (Å²) in [7, 11) is 0. The Hall–Kier alpha value is -2.43. The van der Waals surface area contributed by atoms with Gasteiger partial charge >= 0.3 is 0 Å². The van der Waals surface area contributed by atoms with E-state index in [-0.39, 0.29) is 5.91 Å². The normalized spacial score (nSPS) is 10.4. The Labute approximate surface area is 137 Å². The van der Waals surface area contributed by atoms with Crippen molar-refractivity contribution in [1.82, 2.24) is 9.97 Å². The summed E-state index contributed by atoms with van der Waals surface area (Å²) in [5.74, 6) is 1.05. The second kappa shape index (κ2) is 8.27. The van der Waals surface area contributed by atoms with E-state index in [0.717, 1.165) is 31.5 Å². The number of hydrogen-bond acceptors (Lipinski definition) is 4. The highest BCUT2D eigenvalue weighted by Gasteiger charge is 2.11. The number of anilines is 2. The van der Waals surface area contributed by atoms with Crippen LogP contribution in [-0.2, 0) is 6.42 Å². The number of benzene rings is 1. The molecule has 2 N–H and O–H groups in total.